The first kappa shape index (κ1) is 18.6. The fraction of sp³-hybridized carbons (Fsp3) is 0.227. The first-order valence-corrected chi connectivity index (χ1v) is 9.12. The van der Waals surface area contributed by atoms with E-state index in [1.165, 1.54) is 5.56 Å². The zero-order valence-corrected chi connectivity index (χ0v) is 15.7. The van der Waals surface area contributed by atoms with Crippen molar-refractivity contribution in [2.24, 2.45) is 0 Å². The van der Waals surface area contributed by atoms with E-state index in [0.717, 1.165) is 24.1 Å². The van der Waals surface area contributed by atoms with Crippen LogP contribution in [0.15, 0.2) is 60.7 Å². The van der Waals surface area contributed by atoms with Crippen molar-refractivity contribution in [1.29, 1.82) is 0 Å². The van der Waals surface area contributed by atoms with Crippen LogP contribution in [0.5, 0.6) is 0 Å². The number of hydrogen-bond acceptors (Lipinski definition) is 4. The van der Waals surface area contributed by atoms with Crippen LogP contribution in [0, 0.1) is 13.8 Å². The van der Waals surface area contributed by atoms with E-state index in [-0.39, 0.29) is 5.91 Å². The number of aryl methyl sites for hydroxylation is 3. The topological polar surface area (TPSA) is 66.9 Å². The van der Waals surface area contributed by atoms with Crippen LogP contribution < -0.4 is 10.6 Å². The summed E-state index contributed by atoms with van der Waals surface area (Å²) in [5, 5.41) is 6.21. The van der Waals surface area contributed by atoms with Gasteiger partial charge in [0, 0.05) is 18.3 Å². The summed E-state index contributed by atoms with van der Waals surface area (Å²) in [6.07, 6.45) is 1.82. The van der Waals surface area contributed by atoms with Crippen LogP contribution >= 0.6 is 0 Å². The second kappa shape index (κ2) is 8.94. The van der Waals surface area contributed by atoms with Crippen LogP contribution in [0.3, 0.4) is 0 Å². The average molecular weight is 360 g/mol. The SMILES string of the molecule is Cc1nc(Nc2ccccc2C)cc(C(=O)NCCCc2ccccc2)n1. The molecule has 0 aliphatic heterocycles. The maximum absolute atomic E-state index is 12.5. The lowest BCUT2D eigenvalue weighted by Gasteiger charge is -2.11. The molecule has 138 valence electrons. The van der Waals surface area contributed by atoms with Gasteiger partial charge in [0.15, 0.2) is 0 Å². The summed E-state index contributed by atoms with van der Waals surface area (Å²) in [6.45, 7) is 4.42. The molecule has 3 aromatic rings. The Labute approximate surface area is 159 Å². The van der Waals surface area contributed by atoms with Gasteiger partial charge in [0.1, 0.15) is 17.3 Å². The number of carbonyl (C=O) groups excluding carboxylic acids is 1. The van der Waals surface area contributed by atoms with Crippen molar-refractivity contribution in [3.63, 3.8) is 0 Å². The highest BCUT2D eigenvalue weighted by Gasteiger charge is 2.11. The highest BCUT2D eigenvalue weighted by molar-refractivity contribution is 5.93. The first-order valence-electron chi connectivity index (χ1n) is 9.12. The molecule has 27 heavy (non-hydrogen) atoms. The number of anilines is 2. The molecule has 0 spiro atoms. The molecule has 2 aromatic carbocycles. The van der Waals surface area contributed by atoms with Crippen LogP contribution in [0.1, 0.15) is 33.9 Å². The van der Waals surface area contributed by atoms with E-state index in [2.05, 4.69) is 32.7 Å². The minimum atomic E-state index is -0.179. The van der Waals surface area contributed by atoms with Crippen molar-refractivity contribution >= 4 is 17.4 Å². The van der Waals surface area contributed by atoms with Gasteiger partial charge in [-0.3, -0.25) is 4.79 Å². The number of nitrogens with zero attached hydrogens (tertiary/aromatic N) is 2. The lowest BCUT2D eigenvalue weighted by molar-refractivity contribution is 0.0948. The van der Waals surface area contributed by atoms with E-state index < -0.39 is 0 Å². The van der Waals surface area contributed by atoms with Gasteiger partial charge in [0.2, 0.25) is 0 Å². The number of carbonyl (C=O) groups is 1. The van der Waals surface area contributed by atoms with Gasteiger partial charge in [0.25, 0.3) is 5.91 Å². The highest BCUT2D eigenvalue weighted by atomic mass is 16.1. The molecule has 5 nitrogen and oxygen atoms in total. The maximum Gasteiger partial charge on any atom is 0.270 e. The molecule has 1 heterocycles. The predicted molar refractivity (Wildman–Crippen MR) is 108 cm³/mol. The second-order valence-corrected chi connectivity index (χ2v) is 6.47. The van der Waals surface area contributed by atoms with Gasteiger partial charge in [-0.1, -0.05) is 48.5 Å². The minimum Gasteiger partial charge on any atom is -0.351 e. The standard InChI is InChI=1S/C22H24N4O/c1-16-9-6-7-13-19(16)26-21-15-20(24-17(2)25-21)22(27)23-14-8-12-18-10-4-3-5-11-18/h3-7,9-11,13,15H,8,12,14H2,1-2H3,(H,23,27)(H,24,25,26). The Morgan fingerprint density at radius 1 is 0.963 bits per heavy atom. The number of para-hydroxylation sites is 1. The van der Waals surface area contributed by atoms with E-state index in [1.807, 2.05) is 49.4 Å². The van der Waals surface area contributed by atoms with Gasteiger partial charge < -0.3 is 10.6 Å². The summed E-state index contributed by atoms with van der Waals surface area (Å²) in [5.41, 5.74) is 3.72. The smallest absolute Gasteiger partial charge is 0.270 e. The Kier molecular flexibility index (Phi) is 6.15. The Morgan fingerprint density at radius 3 is 2.48 bits per heavy atom. The van der Waals surface area contributed by atoms with Crippen molar-refractivity contribution in [3.8, 4) is 0 Å². The number of hydrogen-bond donors (Lipinski definition) is 2. The molecule has 0 aliphatic rings. The summed E-state index contributed by atoms with van der Waals surface area (Å²) in [4.78, 5) is 21.1. The molecule has 3 rings (SSSR count). The number of aromatic nitrogens is 2. The zero-order valence-electron chi connectivity index (χ0n) is 15.7. The number of nitrogens with one attached hydrogen (secondary N) is 2. The predicted octanol–water partition coefficient (Wildman–Crippen LogP) is 4.20. The van der Waals surface area contributed by atoms with Crippen molar-refractivity contribution in [1.82, 2.24) is 15.3 Å². The summed E-state index contributed by atoms with van der Waals surface area (Å²) >= 11 is 0. The largest absolute Gasteiger partial charge is 0.351 e. The molecule has 0 unspecified atom stereocenters. The van der Waals surface area contributed by atoms with E-state index in [9.17, 15) is 4.79 Å². The number of benzene rings is 2. The molecule has 0 radical (unpaired) electrons. The van der Waals surface area contributed by atoms with E-state index in [4.69, 9.17) is 0 Å². The molecule has 0 saturated carbocycles. The monoisotopic (exact) mass is 360 g/mol. The zero-order chi connectivity index (χ0) is 19.1. The Bertz CT molecular complexity index is 909. The summed E-state index contributed by atoms with van der Waals surface area (Å²) in [5.74, 6) is 0.996. The summed E-state index contributed by atoms with van der Waals surface area (Å²) < 4.78 is 0. The van der Waals surface area contributed by atoms with Crippen molar-refractivity contribution in [3.05, 3.63) is 83.3 Å². The average Bonchev–Trinajstić information content (AvgIpc) is 2.67. The Morgan fingerprint density at radius 2 is 1.70 bits per heavy atom. The third-order valence-corrected chi connectivity index (χ3v) is 4.25. The quantitative estimate of drug-likeness (QED) is 0.620. The Hall–Kier alpha value is -3.21. The van der Waals surface area contributed by atoms with Crippen molar-refractivity contribution < 1.29 is 4.79 Å². The van der Waals surface area contributed by atoms with E-state index >= 15 is 0 Å². The molecular weight excluding hydrogens is 336 g/mol. The van der Waals surface area contributed by atoms with Gasteiger partial charge in [0.05, 0.1) is 0 Å². The van der Waals surface area contributed by atoms with Gasteiger partial charge in [-0.25, -0.2) is 9.97 Å². The molecule has 0 fully saturated rings. The van der Waals surface area contributed by atoms with Gasteiger partial charge in [-0.2, -0.15) is 0 Å². The van der Waals surface area contributed by atoms with Gasteiger partial charge in [-0.15, -0.1) is 0 Å². The van der Waals surface area contributed by atoms with Crippen LogP contribution in [0.4, 0.5) is 11.5 Å². The maximum atomic E-state index is 12.5. The van der Waals surface area contributed by atoms with Crippen molar-refractivity contribution in [2.45, 2.75) is 26.7 Å². The van der Waals surface area contributed by atoms with Crippen LogP contribution in [-0.2, 0) is 6.42 Å². The lowest BCUT2D eigenvalue weighted by atomic mass is 10.1. The first-order chi connectivity index (χ1) is 13.1. The van der Waals surface area contributed by atoms with Crippen LogP contribution in [-0.4, -0.2) is 22.4 Å². The molecule has 1 aromatic heterocycles. The second-order valence-electron chi connectivity index (χ2n) is 6.47. The summed E-state index contributed by atoms with van der Waals surface area (Å²) in [6, 6.07) is 19.9. The number of amides is 1. The molecule has 0 bridgehead atoms. The fourth-order valence-electron chi connectivity index (χ4n) is 2.83. The Balaban J connectivity index is 1.59. The molecule has 2 N–H and O–H groups in total. The summed E-state index contributed by atoms with van der Waals surface area (Å²) in [7, 11) is 0. The molecule has 1 amide bonds. The molecule has 0 aliphatic carbocycles. The molecular formula is C22H24N4O. The number of rotatable bonds is 7. The lowest BCUT2D eigenvalue weighted by Crippen LogP contribution is -2.26. The molecule has 0 atom stereocenters. The van der Waals surface area contributed by atoms with Crippen LogP contribution in [0.25, 0.3) is 0 Å². The van der Waals surface area contributed by atoms with E-state index in [0.29, 0.717) is 23.9 Å². The van der Waals surface area contributed by atoms with E-state index in [1.54, 1.807) is 13.0 Å². The minimum absolute atomic E-state index is 0.179. The highest BCUT2D eigenvalue weighted by Crippen LogP contribution is 2.19. The third-order valence-electron chi connectivity index (χ3n) is 4.25. The fourth-order valence-corrected chi connectivity index (χ4v) is 2.83. The molecule has 0 saturated heterocycles. The van der Waals surface area contributed by atoms with Gasteiger partial charge in [-0.05, 0) is 43.9 Å². The third kappa shape index (κ3) is 5.38. The van der Waals surface area contributed by atoms with Crippen LogP contribution in [0.2, 0.25) is 0 Å². The normalized spacial score (nSPS) is 10.4. The van der Waals surface area contributed by atoms with Crippen molar-refractivity contribution in [2.75, 3.05) is 11.9 Å². The molecule has 5 heteroatoms. The van der Waals surface area contributed by atoms with Gasteiger partial charge >= 0.3 is 0 Å².